The van der Waals surface area contributed by atoms with Crippen molar-refractivity contribution in [3.63, 3.8) is 0 Å². The molecule has 1 aromatic heterocycles. The molecular formula is C16H26BrN3O. The van der Waals surface area contributed by atoms with Gasteiger partial charge in [0.05, 0.1) is 12.2 Å². The summed E-state index contributed by atoms with van der Waals surface area (Å²) in [7, 11) is 0. The fourth-order valence-corrected chi connectivity index (χ4v) is 3.11. The predicted octanol–water partition coefficient (Wildman–Crippen LogP) is 3.20. The second kappa shape index (κ2) is 7.56. The molecule has 0 bridgehead atoms. The predicted molar refractivity (Wildman–Crippen MR) is 90.7 cm³/mol. The lowest BCUT2D eigenvalue weighted by Gasteiger charge is -2.37. The highest BCUT2D eigenvalue weighted by molar-refractivity contribution is 9.10. The van der Waals surface area contributed by atoms with Gasteiger partial charge in [-0.15, -0.1) is 0 Å². The first-order valence-corrected chi connectivity index (χ1v) is 8.50. The summed E-state index contributed by atoms with van der Waals surface area (Å²) in [6.07, 6.45) is 2.37. The Hall–Kier alpha value is -0.650. The van der Waals surface area contributed by atoms with E-state index < -0.39 is 0 Å². The molecule has 1 aromatic rings. The molecule has 2 atom stereocenters. The Kier molecular flexibility index (Phi) is 6.02. The van der Waals surface area contributed by atoms with Crippen LogP contribution in [-0.4, -0.2) is 36.8 Å². The lowest BCUT2D eigenvalue weighted by atomic mass is 10.1. The van der Waals surface area contributed by atoms with E-state index in [1.54, 1.807) is 0 Å². The number of hydrogen-bond donors (Lipinski definition) is 1. The molecule has 21 heavy (non-hydrogen) atoms. The maximum absolute atomic E-state index is 5.82. The Labute approximate surface area is 136 Å². The van der Waals surface area contributed by atoms with Crippen LogP contribution >= 0.6 is 15.9 Å². The summed E-state index contributed by atoms with van der Waals surface area (Å²) in [4.78, 5) is 7.00. The van der Waals surface area contributed by atoms with Gasteiger partial charge < -0.3 is 15.0 Å². The van der Waals surface area contributed by atoms with Crippen LogP contribution in [0.25, 0.3) is 0 Å². The lowest BCUT2D eigenvalue weighted by molar-refractivity contribution is -0.00551. The molecule has 0 spiro atoms. The maximum atomic E-state index is 5.82. The van der Waals surface area contributed by atoms with Crippen LogP contribution in [0.2, 0.25) is 0 Å². The third-order valence-corrected chi connectivity index (χ3v) is 3.93. The van der Waals surface area contributed by atoms with Crippen molar-refractivity contribution in [1.82, 2.24) is 10.3 Å². The van der Waals surface area contributed by atoms with Gasteiger partial charge in [0.15, 0.2) is 0 Å². The summed E-state index contributed by atoms with van der Waals surface area (Å²) in [6.45, 7) is 12.3. The Balaban J connectivity index is 2.13. The fourth-order valence-electron chi connectivity index (χ4n) is 2.74. The van der Waals surface area contributed by atoms with Gasteiger partial charge in [-0.2, -0.15) is 0 Å². The number of nitrogens with one attached hydrogen (secondary N) is 1. The van der Waals surface area contributed by atoms with Crippen molar-refractivity contribution >= 4 is 21.7 Å². The number of halogens is 1. The number of anilines is 1. The number of ether oxygens (including phenoxy) is 1. The largest absolute Gasteiger partial charge is 0.372 e. The first-order valence-electron chi connectivity index (χ1n) is 7.71. The molecule has 1 aliphatic heterocycles. The van der Waals surface area contributed by atoms with Crippen molar-refractivity contribution in [2.45, 2.75) is 46.4 Å². The van der Waals surface area contributed by atoms with E-state index in [2.05, 4.69) is 64.9 Å². The quantitative estimate of drug-likeness (QED) is 0.879. The topological polar surface area (TPSA) is 37.4 Å². The summed E-state index contributed by atoms with van der Waals surface area (Å²) in [6, 6.07) is 2.17. The zero-order chi connectivity index (χ0) is 15.4. The van der Waals surface area contributed by atoms with E-state index in [9.17, 15) is 0 Å². The molecule has 118 valence electrons. The minimum atomic E-state index is 0.246. The number of hydrogen-bond acceptors (Lipinski definition) is 4. The van der Waals surface area contributed by atoms with Gasteiger partial charge in [-0.25, -0.2) is 4.98 Å². The first-order chi connectivity index (χ1) is 9.95. The molecule has 0 saturated carbocycles. The summed E-state index contributed by atoms with van der Waals surface area (Å²) in [5, 5.41) is 3.51. The molecule has 0 amide bonds. The van der Waals surface area contributed by atoms with Crippen LogP contribution in [-0.2, 0) is 11.3 Å². The average molecular weight is 356 g/mol. The second-order valence-electron chi connectivity index (χ2n) is 6.32. The van der Waals surface area contributed by atoms with Crippen LogP contribution < -0.4 is 10.2 Å². The molecule has 1 saturated heterocycles. The highest BCUT2D eigenvalue weighted by atomic mass is 79.9. The standard InChI is InChI=1S/C16H26BrN3O/c1-11(2)6-18-7-14-5-15(17)8-19-16(14)20-9-12(3)21-13(4)10-20/h5,8,11-13,18H,6-7,9-10H2,1-4H3/t12-,13+. The molecule has 0 radical (unpaired) electrons. The molecule has 2 heterocycles. The molecule has 0 aromatic carbocycles. The van der Waals surface area contributed by atoms with Crippen LogP contribution in [0.4, 0.5) is 5.82 Å². The van der Waals surface area contributed by atoms with E-state index in [0.717, 1.165) is 36.5 Å². The minimum absolute atomic E-state index is 0.246. The van der Waals surface area contributed by atoms with Gasteiger partial charge in [-0.1, -0.05) is 13.8 Å². The van der Waals surface area contributed by atoms with Crippen LogP contribution in [0, 0.1) is 5.92 Å². The van der Waals surface area contributed by atoms with Crippen molar-refractivity contribution < 1.29 is 4.74 Å². The van der Waals surface area contributed by atoms with Gasteiger partial charge in [-0.05, 0) is 48.3 Å². The second-order valence-corrected chi connectivity index (χ2v) is 7.24. The summed E-state index contributed by atoms with van der Waals surface area (Å²) < 4.78 is 6.85. The van der Waals surface area contributed by atoms with E-state index in [-0.39, 0.29) is 12.2 Å². The zero-order valence-electron chi connectivity index (χ0n) is 13.4. The van der Waals surface area contributed by atoms with Gasteiger partial charge >= 0.3 is 0 Å². The highest BCUT2D eigenvalue weighted by Crippen LogP contribution is 2.25. The summed E-state index contributed by atoms with van der Waals surface area (Å²) in [5.41, 5.74) is 1.24. The monoisotopic (exact) mass is 355 g/mol. The van der Waals surface area contributed by atoms with E-state index in [4.69, 9.17) is 4.74 Å². The average Bonchev–Trinajstić information content (AvgIpc) is 2.37. The fraction of sp³-hybridized carbons (Fsp3) is 0.688. The summed E-state index contributed by atoms with van der Waals surface area (Å²) >= 11 is 3.53. The van der Waals surface area contributed by atoms with Crippen molar-refractivity contribution in [2.75, 3.05) is 24.5 Å². The maximum Gasteiger partial charge on any atom is 0.133 e. The molecule has 0 unspecified atom stereocenters. The van der Waals surface area contributed by atoms with Gasteiger partial charge in [0.25, 0.3) is 0 Å². The Morgan fingerprint density at radius 2 is 2.05 bits per heavy atom. The Morgan fingerprint density at radius 1 is 1.38 bits per heavy atom. The third-order valence-electron chi connectivity index (χ3n) is 3.50. The lowest BCUT2D eigenvalue weighted by Crippen LogP contribution is -2.46. The molecule has 4 nitrogen and oxygen atoms in total. The summed E-state index contributed by atoms with van der Waals surface area (Å²) in [5.74, 6) is 1.73. The molecule has 2 rings (SSSR count). The van der Waals surface area contributed by atoms with E-state index >= 15 is 0 Å². The van der Waals surface area contributed by atoms with E-state index in [1.807, 2.05) is 6.20 Å². The van der Waals surface area contributed by atoms with Gasteiger partial charge in [0, 0.05) is 35.9 Å². The number of nitrogens with zero attached hydrogens (tertiary/aromatic N) is 2. The molecule has 1 fully saturated rings. The Morgan fingerprint density at radius 3 is 2.67 bits per heavy atom. The molecule has 5 heteroatoms. The van der Waals surface area contributed by atoms with E-state index in [1.165, 1.54) is 5.56 Å². The van der Waals surface area contributed by atoms with Crippen molar-refractivity contribution in [1.29, 1.82) is 0 Å². The molecule has 1 N–H and O–H groups in total. The minimum Gasteiger partial charge on any atom is -0.372 e. The normalized spacial score (nSPS) is 22.9. The number of aromatic nitrogens is 1. The smallest absolute Gasteiger partial charge is 0.133 e. The van der Waals surface area contributed by atoms with Crippen molar-refractivity contribution in [3.05, 3.63) is 22.3 Å². The first kappa shape index (κ1) is 16.7. The van der Waals surface area contributed by atoms with Crippen molar-refractivity contribution in [3.8, 4) is 0 Å². The zero-order valence-corrected chi connectivity index (χ0v) is 15.0. The highest BCUT2D eigenvalue weighted by Gasteiger charge is 2.24. The van der Waals surface area contributed by atoms with Crippen LogP contribution in [0.15, 0.2) is 16.7 Å². The molecule has 1 aliphatic rings. The van der Waals surface area contributed by atoms with Crippen LogP contribution in [0.1, 0.15) is 33.3 Å². The van der Waals surface area contributed by atoms with Crippen LogP contribution in [0.5, 0.6) is 0 Å². The van der Waals surface area contributed by atoms with Gasteiger partial charge in [0.2, 0.25) is 0 Å². The van der Waals surface area contributed by atoms with Gasteiger partial charge in [0.1, 0.15) is 5.82 Å². The number of rotatable bonds is 5. The van der Waals surface area contributed by atoms with Gasteiger partial charge in [-0.3, -0.25) is 0 Å². The number of pyridine rings is 1. The third kappa shape index (κ3) is 4.94. The number of morpholine rings is 1. The SMILES string of the molecule is CC(C)CNCc1cc(Br)cnc1N1C[C@@H](C)O[C@@H](C)C1. The van der Waals surface area contributed by atoms with Crippen molar-refractivity contribution in [2.24, 2.45) is 5.92 Å². The van der Waals surface area contributed by atoms with E-state index in [0.29, 0.717) is 5.92 Å². The van der Waals surface area contributed by atoms with Crippen LogP contribution in [0.3, 0.4) is 0 Å². The molecule has 0 aliphatic carbocycles. The Bertz CT molecular complexity index is 457. The molecular weight excluding hydrogens is 330 g/mol.